The molecule has 8 nitrogen and oxygen atoms in total. The van der Waals surface area contributed by atoms with Crippen molar-refractivity contribution in [3.63, 3.8) is 0 Å². The van der Waals surface area contributed by atoms with E-state index >= 15 is 0 Å². The third-order valence-corrected chi connectivity index (χ3v) is 6.14. The number of carbonyl (C=O) groups excluding carboxylic acids is 2. The lowest BCUT2D eigenvalue weighted by atomic mass is 10.2. The van der Waals surface area contributed by atoms with E-state index in [0.717, 1.165) is 45.1 Å². The quantitative estimate of drug-likeness (QED) is 0.682. The molecule has 2 fully saturated rings. The third-order valence-electron chi connectivity index (χ3n) is 6.14. The van der Waals surface area contributed by atoms with E-state index in [1.807, 2.05) is 53.1 Å². The fourth-order valence-electron chi connectivity index (χ4n) is 4.09. The lowest BCUT2D eigenvalue weighted by Crippen LogP contribution is -2.55. The van der Waals surface area contributed by atoms with Crippen LogP contribution in [0.3, 0.4) is 0 Å². The molecule has 0 radical (unpaired) electrons. The summed E-state index contributed by atoms with van der Waals surface area (Å²) < 4.78 is 0. The van der Waals surface area contributed by atoms with Crippen molar-refractivity contribution < 1.29 is 9.59 Å². The number of hydrogen-bond acceptors (Lipinski definition) is 6. The number of piperazine rings is 2. The minimum absolute atomic E-state index is 0.00326. The molecule has 2 saturated heterocycles. The van der Waals surface area contributed by atoms with Crippen LogP contribution in [0.2, 0.25) is 0 Å². The van der Waals surface area contributed by atoms with Gasteiger partial charge in [0.2, 0.25) is 5.91 Å². The number of hydrogen-bond donors (Lipinski definition) is 0. The summed E-state index contributed by atoms with van der Waals surface area (Å²) in [4.78, 5) is 40.2. The summed E-state index contributed by atoms with van der Waals surface area (Å²) in [5, 5.41) is 0. The summed E-state index contributed by atoms with van der Waals surface area (Å²) in [7, 11) is 1.93. The zero-order valence-corrected chi connectivity index (χ0v) is 19.3. The number of nitrogens with zero attached hydrogens (tertiary/aromatic N) is 6. The molecule has 0 unspecified atom stereocenters. The average Bonchev–Trinajstić information content (AvgIpc) is 2.79. The third kappa shape index (κ3) is 6.04. The summed E-state index contributed by atoms with van der Waals surface area (Å²) in [6.45, 7) is 13.0. The van der Waals surface area contributed by atoms with E-state index in [-0.39, 0.29) is 11.8 Å². The first kappa shape index (κ1) is 23.2. The van der Waals surface area contributed by atoms with Gasteiger partial charge >= 0.3 is 0 Å². The summed E-state index contributed by atoms with van der Waals surface area (Å²) in [6, 6.07) is 4.22. The van der Waals surface area contributed by atoms with Gasteiger partial charge in [-0.15, -0.1) is 0 Å². The van der Waals surface area contributed by atoms with Crippen LogP contribution in [-0.2, 0) is 4.79 Å². The molecular weight excluding hydrogens is 392 g/mol. The summed E-state index contributed by atoms with van der Waals surface area (Å²) in [5.74, 6) is 1.00. The molecule has 0 N–H and O–H groups in total. The SMILES string of the molecule is C/C=C\N(C)c1ccc(C(=O)N2CCN(CC(=O)N3CCN(C(C)C)CC3)CC2)cn1. The Morgan fingerprint density at radius 3 is 2.23 bits per heavy atom. The Morgan fingerprint density at radius 1 is 1.03 bits per heavy atom. The van der Waals surface area contributed by atoms with Crippen molar-refractivity contribution in [1.29, 1.82) is 0 Å². The Balaban J connectivity index is 1.45. The zero-order chi connectivity index (χ0) is 22.4. The Morgan fingerprint density at radius 2 is 1.68 bits per heavy atom. The first-order valence-corrected chi connectivity index (χ1v) is 11.2. The second-order valence-corrected chi connectivity index (χ2v) is 8.58. The highest BCUT2D eigenvalue weighted by Crippen LogP contribution is 2.14. The predicted molar refractivity (Wildman–Crippen MR) is 123 cm³/mol. The van der Waals surface area contributed by atoms with Crippen molar-refractivity contribution in [1.82, 2.24) is 24.6 Å². The molecule has 1 aromatic rings. The van der Waals surface area contributed by atoms with Gasteiger partial charge in [0.15, 0.2) is 0 Å². The van der Waals surface area contributed by atoms with Crippen LogP contribution in [0.4, 0.5) is 5.82 Å². The van der Waals surface area contributed by atoms with Gasteiger partial charge in [-0.3, -0.25) is 19.4 Å². The highest BCUT2D eigenvalue weighted by atomic mass is 16.2. The Kier molecular flexibility index (Phi) is 8.03. The maximum absolute atomic E-state index is 12.8. The molecule has 2 amide bonds. The number of pyridine rings is 1. The largest absolute Gasteiger partial charge is 0.339 e. The van der Waals surface area contributed by atoms with Crippen LogP contribution in [0.15, 0.2) is 30.6 Å². The van der Waals surface area contributed by atoms with Gasteiger partial charge in [0.1, 0.15) is 5.82 Å². The molecule has 0 aliphatic carbocycles. The van der Waals surface area contributed by atoms with E-state index < -0.39 is 0 Å². The molecular formula is C23H36N6O2. The Bertz CT molecular complexity index is 763. The fraction of sp³-hybridized carbons (Fsp3) is 0.609. The first-order valence-electron chi connectivity index (χ1n) is 11.2. The molecule has 8 heteroatoms. The van der Waals surface area contributed by atoms with Crippen molar-refractivity contribution in [3.05, 3.63) is 36.2 Å². The Labute approximate surface area is 186 Å². The van der Waals surface area contributed by atoms with Crippen molar-refractivity contribution in [2.75, 3.05) is 70.9 Å². The molecule has 0 bridgehead atoms. The van der Waals surface area contributed by atoms with E-state index in [9.17, 15) is 9.59 Å². The van der Waals surface area contributed by atoms with E-state index in [2.05, 4.69) is 28.6 Å². The molecule has 3 heterocycles. The van der Waals surface area contributed by atoms with E-state index in [1.54, 1.807) is 6.20 Å². The summed E-state index contributed by atoms with van der Waals surface area (Å²) >= 11 is 0. The van der Waals surface area contributed by atoms with Gasteiger partial charge < -0.3 is 14.7 Å². The molecule has 1 aromatic heterocycles. The highest BCUT2D eigenvalue weighted by molar-refractivity contribution is 5.94. The average molecular weight is 429 g/mol. The molecule has 0 aromatic carbocycles. The maximum atomic E-state index is 12.8. The molecule has 2 aliphatic rings. The monoisotopic (exact) mass is 428 g/mol. The van der Waals surface area contributed by atoms with E-state index in [4.69, 9.17) is 0 Å². The van der Waals surface area contributed by atoms with Gasteiger partial charge in [0.05, 0.1) is 12.1 Å². The predicted octanol–water partition coefficient (Wildman–Crippen LogP) is 1.36. The molecule has 170 valence electrons. The van der Waals surface area contributed by atoms with E-state index in [1.165, 1.54) is 0 Å². The van der Waals surface area contributed by atoms with E-state index in [0.29, 0.717) is 31.2 Å². The topological polar surface area (TPSA) is 63.2 Å². The van der Waals surface area contributed by atoms with Gasteiger partial charge in [-0.2, -0.15) is 0 Å². The summed E-state index contributed by atoms with van der Waals surface area (Å²) in [6.07, 6.45) is 5.51. The summed E-state index contributed by atoms with van der Waals surface area (Å²) in [5.41, 5.74) is 0.602. The second kappa shape index (κ2) is 10.7. The van der Waals surface area contributed by atoms with Gasteiger partial charge in [0.25, 0.3) is 5.91 Å². The van der Waals surface area contributed by atoms with Crippen molar-refractivity contribution in [2.24, 2.45) is 0 Å². The van der Waals surface area contributed by atoms with Crippen molar-refractivity contribution >= 4 is 17.6 Å². The number of amides is 2. The normalized spacial score (nSPS) is 18.7. The minimum atomic E-state index is 0.00326. The van der Waals surface area contributed by atoms with Gasteiger partial charge in [-0.25, -0.2) is 4.98 Å². The lowest BCUT2D eigenvalue weighted by Gasteiger charge is -2.39. The standard InChI is InChI=1S/C23H36N6O2/c1-5-8-25(4)21-7-6-20(17-24-21)23(31)29-11-9-26(10-12-29)18-22(30)28-15-13-27(14-16-28)19(2)3/h5-8,17,19H,9-16,18H2,1-4H3/b8-5-. The van der Waals surface area contributed by atoms with Crippen LogP contribution in [0.25, 0.3) is 0 Å². The number of allylic oxidation sites excluding steroid dienone is 1. The smallest absolute Gasteiger partial charge is 0.255 e. The fourth-order valence-corrected chi connectivity index (χ4v) is 4.09. The van der Waals surface area contributed by atoms with Crippen LogP contribution < -0.4 is 4.90 Å². The van der Waals surface area contributed by atoms with Crippen molar-refractivity contribution in [3.8, 4) is 0 Å². The molecule has 31 heavy (non-hydrogen) atoms. The molecule has 2 aliphatic heterocycles. The zero-order valence-electron chi connectivity index (χ0n) is 19.3. The second-order valence-electron chi connectivity index (χ2n) is 8.58. The van der Waals surface area contributed by atoms with Crippen LogP contribution in [0.1, 0.15) is 31.1 Å². The lowest BCUT2D eigenvalue weighted by molar-refractivity contribution is -0.134. The number of carbonyl (C=O) groups is 2. The van der Waals surface area contributed by atoms with Gasteiger partial charge in [-0.05, 0) is 32.9 Å². The minimum Gasteiger partial charge on any atom is -0.339 e. The Hall–Kier alpha value is -2.45. The number of rotatable bonds is 6. The molecule has 0 atom stereocenters. The van der Waals surface area contributed by atoms with Crippen LogP contribution in [-0.4, -0.2) is 108 Å². The van der Waals surface area contributed by atoms with Crippen LogP contribution in [0, 0.1) is 0 Å². The van der Waals surface area contributed by atoms with Gasteiger partial charge in [-0.1, -0.05) is 6.08 Å². The van der Waals surface area contributed by atoms with Crippen LogP contribution in [0.5, 0.6) is 0 Å². The molecule has 3 rings (SSSR count). The number of anilines is 1. The molecule has 0 spiro atoms. The van der Waals surface area contributed by atoms with Crippen LogP contribution >= 0.6 is 0 Å². The maximum Gasteiger partial charge on any atom is 0.255 e. The van der Waals surface area contributed by atoms with Crippen molar-refractivity contribution in [2.45, 2.75) is 26.8 Å². The van der Waals surface area contributed by atoms with Gasteiger partial charge in [0, 0.05) is 77.8 Å². The number of aromatic nitrogens is 1. The first-order chi connectivity index (χ1) is 14.9. The molecule has 0 saturated carbocycles. The highest BCUT2D eigenvalue weighted by Gasteiger charge is 2.27.